The van der Waals surface area contributed by atoms with Crippen LogP contribution < -0.4 is 10.6 Å². The molecule has 1 aliphatic rings. The molecule has 3 atom stereocenters. The maximum atomic E-state index is 12.3. The first-order chi connectivity index (χ1) is 14.1. The second kappa shape index (κ2) is 10.5. The molecule has 2 aromatic rings. The van der Waals surface area contributed by atoms with E-state index in [-0.39, 0.29) is 24.8 Å². The summed E-state index contributed by atoms with van der Waals surface area (Å²) >= 11 is 5.85. The summed E-state index contributed by atoms with van der Waals surface area (Å²) < 4.78 is 12.8. The van der Waals surface area contributed by atoms with Crippen molar-refractivity contribution in [2.75, 3.05) is 19.0 Å². The topological polar surface area (TPSA) is 111 Å². The van der Waals surface area contributed by atoms with Gasteiger partial charge < -0.3 is 25.2 Å². The molecule has 10 heteroatoms. The van der Waals surface area contributed by atoms with Crippen molar-refractivity contribution in [1.29, 1.82) is 0 Å². The fourth-order valence-corrected chi connectivity index (χ4v) is 3.44. The number of nitrogens with zero attached hydrogens (tertiary/aromatic N) is 3. The minimum atomic E-state index is -0.454. The zero-order chi connectivity index (χ0) is 20.6. The molecule has 1 aromatic heterocycles. The molecule has 0 radical (unpaired) electrons. The number of hydrogen-bond donors (Lipinski definition) is 3. The summed E-state index contributed by atoms with van der Waals surface area (Å²) in [5.41, 5.74) is 1.42. The number of halogens is 1. The molecule has 0 unspecified atom stereocenters. The molecule has 9 nitrogen and oxygen atoms in total. The lowest BCUT2D eigenvalue weighted by molar-refractivity contribution is -0.0905. The number of urea groups is 1. The summed E-state index contributed by atoms with van der Waals surface area (Å²) in [6.07, 6.45) is 3.62. The minimum absolute atomic E-state index is 0.0143. The third-order valence-corrected chi connectivity index (χ3v) is 5.02. The highest BCUT2D eigenvalue weighted by Crippen LogP contribution is 2.22. The lowest BCUT2D eigenvalue weighted by atomic mass is 9.97. The van der Waals surface area contributed by atoms with E-state index in [2.05, 4.69) is 20.9 Å². The molecule has 0 saturated carbocycles. The number of methoxy groups -OCH3 is 1. The van der Waals surface area contributed by atoms with Crippen LogP contribution in [0.1, 0.15) is 25.0 Å². The number of benzene rings is 1. The zero-order valence-electron chi connectivity index (χ0n) is 16.3. The number of amides is 2. The first-order valence-electron chi connectivity index (χ1n) is 9.54. The molecule has 3 rings (SSSR count). The van der Waals surface area contributed by atoms with Crippen LogP contribution in [0.2, 0.25) is 5.02 Å². The Kier molecular flexibility index (Phi) is 7.82. The number of hydrogen-bond acceptors (Lipinski definition) is 6. The number of anilines is 1. The average molecular weight is 424 g/mol. The Morgan fingerprint density at radius 3 is 2.90 bits per heavy atom. The lowest BCUT2D eigenvalue weighted by Gasteiger charge is -2.36. The van der Waals surface area contributed by atoms with Gasteiger partial charge in [-0.1, -0.05) is 16.8 Å². The third-order valence-electron chi connectivity index (χ3n) is 4.77. The molecule has 158 valence electrons. The van der Waals surface area contributed by atoms with E-state index >= 15 is 0 Å². The number of ether oxygens (including phenoxy) is 2. The van der Waals surface area contributed by atoms with E-state index < -0.39 is 6.10 Å². The molecule has 1 aromatic carbocycles. The summed E-state index contributed by atoms with van der Waals surface area (Å²) in [6, 6.07) is 6.25. The van der Waals surface area contributed by atoms with E-state index in [4.69, 9.17) is 21.1 Å². The Hall–Kier alpha value is -2.20. The second-order valence-corrected chi connectivity index (χ2v) is 7.40. The van der Waals surface area contributed by atoms with Gasteiger partial charge in [0.15, 0.2) is 0 Å². The molecule has 3 N–H and O–H groups in total. The van der Waals surface area contributed by atoms with Crippen molar-refractivity contribution in [1.82, 2.24) is 20.3 Å². The van der Waals surface area contributed by atoms with Crippen LogP contribution in [-0.4, -0.2) is 58.1 Å². The van der Waals surface area contributed by atoms with E-state index in [0.29, 0.717) is 23.9 Å². The van der Waals surface area contributed by atoms with Crippen LogP contribution in [0.5, 0.6) is 0 Å². The number of aromatic nitrogens is 3. The lowest BCUT2D eigenvalue weighted by Crippen LogP contribution is -2.52. The summed E-state index contributed by atoms with van der Waals surface area (Å²) in [5, 5.41) is 24.0. The summed E-state index contributed by atoms with van der Waals surface area (Å²) in [4.78, 5) is 12.3. The van der Waals surface area contributed by atoms with Gasteiger partial charge in [0.25, 0.3) is 0 Å². The van der Waals surface area contributed by atoms with Crippen molar-refractivity contribution in [2.24, 2.45) is 0 Å². The molecule has 2 heterocycles. The molecule has 0 bridgehead atoms. The number of rotatable bonds is 8. The van der Waals surface area contributed by atoms with Crippen molar-refractivity contribution in [3.63, 3.8) is 0 Å². The first-order valence-corrected chi connectivity index (χ1v) is 9.92. The first kappa shape index (κ1) is 21.5. The zero-order valence-corrected chi connectivity index (χ0v) is 17.0. The number of carbonyl (C=O) groups excluding carboxylic acids is 1. The molecule has 1 aliphatic heterocycles. The predicted molar refractivity (Wildman–Crippen MR) is 108 cm³/mol. The standard InChI is InChI=1S/C19H26ClN5O4/c1-28-12-15-10-25(24-23-15)9-8-16-6-7-17(18(11-26)29-16)22-19(27)21-14-4-2-13(20)3-5-14/h2-5,10,16-18,26H,6-9,11-12H2,1H3,(H2,21,22,27)/t16-,17-,18-/m0/s1. The average Bonchev–Trinajstić information content (AvgIpc) is 3.16. The predicted octanol–water partition coefficient (Wildman–Crippen LogP) is 2.20. The summed E-state index contributed by atoms with van der Waals surface area (Å²) in [5.74, 6) is 0. The number of carbonyl (C=O) groups is 1. The Bertz CT molecular complexity index is 785. The molecule has 0 spiro atoms. The minimum Gasteiger partial charge on any atom is -0.394 e. The van der Waals surface area contributed by atoms with Crippen molar-refractivity contribution in [3.05, 3.63) is 41.2 Å². The van der Waals surface area contributed by atoms with E-state index in [9.17, 15) is 9.90 Å². The van der Waals surface area contributed by atoms with Crippen LogP contribution in [0.3, 0.4) is 0 Å². The smallest absolute Gasteiger partial charge is 0.319 e. The highest BCUT2D eigenvalue weighted by molar-refractivity contribution is 6.30. The molecule has 0 aliphatic carbocycles. The normalized spacial score (nSPS) is 21.7. The molecule has 29 heavy (non-hydrogen) atoms. The van der Waals surface area contributed by atoms with Gasteiger partial charge in [-0.05, 0) is 43.5 Å². The highest BCUT2D eigenvalue weighted by Gasteiger charge is 2.31. The SMILES string of the molecule is COCc1cn(CC[C@@H]2CC[C@H](NC(=O)Nc3ccc(Cl)cc3)[C@H](CO)O2)nn1. The largest absolute Gasteiger partial charge is 0.394 e. The van der Waals surface area contributed by atoms with Gasteiger partial charge in [0.05, 0.1) is 31.6 Å². The van der Waals surface area contributed by atoms with Gasteiger partial charge in [0.1, 0.15) is 11.8 Å². The number of aliphatic hydroxyl groups is 1. The van der Waals surface area contributed by atoms with E-state index in [1.165, 1.54) is 0 Å². The molecular weight excluding hydrogens is 398 g/mol. The monoisotopic (exact) mass is 423 g/mol. The third kappa shape index (κ3) is 6.40. The molecule has 1 fully saturated rings. The second-order valence-electron chi connectivity index (χ2n) is 6.96. The molecule has 2 amide bonds. The van der Waals surface area contributed by atoms with Gasteiger partial charge in [-0.15, -0.1) is 5.10 Å². The van der Waals surface area contributed by atoms with E-state index in [0.717, 1.165) is 25.0 Å². The Morgan fingerprint density at radius 1 is 1.38 bits per heavy atom. The maximum absolute atomic E-state index is 12.3. The Labute approximate surface area is 174 Å². The summed E-state index contributed by atoms with van der Waals surface area (Å²) in [6.45, 7) is 0.927. The number of aliphatic hydroxyl groups excluding tert-OH is 1. The summed E-state index contributed by atoms with van der Waals surface area (Å²) in [7, 11) is 1.62. The van der Waals surface area contributed by atoms with Gasteiger partial charge in [-0.3, -0.25) is 4.68 Å². The fourth-order valence-electron chi connectivity index (χ4n) is 3.32. The molecular formula is C19H26ClN5O4. The fraction of sp³-hybridized carbons (Fsp3) is 0.526. The number of nitrogens with one attached hydrogen (secondary N) is 2. The van der Waals surface area contributed by atoms with Crippen molar-refractivity contribution < 1.29 is 19.4 Å². The van der Waals surface area contributed by atoms with Crippen LogP contribution in [0.4, 0.5) is 10.5 Å². The van der Waals surface area contributed by atoms with Crippen LogP contribution in [0.15, 0.2) is 30.5 Å². The Morgan fingerprint density at radius 2 is 2.17 bits per heavy atom. The van der Waals surface area contributed by atoms with E-state index in [1.807, 2.05) is 6.20 Å². The van der Waals surface area contributed by atoms with Crippen molar-refractivity contribution >= 4 is 23.3 Å². The van der Waals surface area contributed by atoms with Crippen LogP contribution >= 0.6 is 11.6 Å². The van der Waals surface area contributed by atoms with Gasteiger partial charge in [-0.25, -0.2) is 4.79 Å². The van der Waals surface area contributed by atoms with Crippen LogP contribution in [-0.2, 0) is 22.6 Å². The highest BCUT2D eigenvalue weighted by atomic mass is 35.5. The quantitative estimate of drug-likeness (QED) is 0.600. The van der Waals surface area contributed by atoms with Crippen molar-refractivity contribution in [2.45, 2.75) is 50.7 Å². The van der Waals surface area contributed by atoms with Gasteiger partial charge in [0, 0.05) is 24.4 Å². The van der Waals surface area contributed by atoms with Gasteiger partial charge in [-0.2, -0.15) is 0 Å². The maximum Gasteiger partial charge on any atom is 0.319 e. The van der Waals surface area contributed by atoms with Crippen LogP contribution in [0, 0.1) is 0 Å². The van der Waals surface area contributed by atoms with Crippen LogP contribution in [0.25, 0.3) is 0 Å². The van der Waals surface area contributed by atoms with Gasteiger partial charge in [0.2, 0.25) is 0 Å². The molecule has 1 saturated heterocycles. The van der Waals surface area contributed by atoms with E-state index in [1.54, 1.807) is 36.1 Å². The Balaban J connectivity index is 1.45. The van der Waals surface area contributed by atoms with Crippen molar-refractivity contribution in [3.8, 4) is 0 Å². The van der Waals surface area contributed by atoms with Gasteiger partial charge >= 0.3 is 6.03 Å². The number of aryl methyl sites for hydroxylation is 1.